The quantitative estimate of drug-likeness (QED) is 0.626. The van der Waals surface area contributed by atoms with Crippen LogP contribution in [0.15, 0.2) is 6.07 Å². The summed E-state index contributed by atoms with van der Waals surface area (Å²) in [6.07, 6.45) is 4.88. The zero-order valence-electron chi connectivity index (χ0n) is 17.5. The third-order valence-electron chi connectivity index (χ3n) is 5.87. The van der Waals surface area contributed by atoms with Gasteiger partial charge in [0.25, 0.3) is 11.8 Å². The number of rotatable bonds is 8. The van der Waals surface area contributed by atoms with Crippen molar-refractivity contribution in [1.82, 2.24) is 25.3 Å². The fourth-order valence-electron chi connectivity index (χ4n) is 3.86. The van der Waals surface area contributed by atoms with E-state index in [1.165, 1.54) is 15.6 Å². The summed E-state index contributed by atoms with van der Waals surface area (Å²) in [6.45, 7) is 5.56. The van der Waals surface area contributed by atoms with E-state index in [-0.39, 0.29) is 36.0 Å². The van der Waals surface area contributed by atoms with Crippen LogP contribution in [0.4, 0.5) is 0 Å². The highest BCUT2D eigenvalue weighted by molar-refractivity contribution is 6.01. The lowest BCUT2D eigenvalue weighted by atomic mass is 9.95. The van der Waals surface area contributed by atoms with E-state index in [0.717, 1.165) is 25.7 Å². The van der Waals surface area contributed by atoms with Crippen molar-refractivity contribution in [2.24, 2.45) is 0 Å². The lowest BCUT2D eigenvalue weighted by Crippen LogP contribution is -2.63. The number of ether oxygens (including phenoxy) is 1. The van der Waals surface area contributed by atoms with Crippen molar-refractivity contribution < 1.29 is 19.1 Å². The minimum Gasteiger partial charge on any atom is -0.382 e. The zero-order chi connectivity index (χ0) is 21.0. The summed E-state index contributed by atoms with van der Waals surface area (Å²) in [4.78, 5) is 39.7. The summed E-state index contributed by atoms with van der Waals surface area (Å²) in [6, 6.07) is 1.66. The van der Waals surface area contributed by atoms with Crippen LogP contribution in [0.5, 0.6) is 0 Å². The van der Waals surface area contributed by atoms with Crippen molar-refractivity contribution in [3.8, 4) is 0 Å². The van der Waals surface area contributed by atoms with Gasteiger partial charge >= 0.3 is 0 Å². The Kier molecular flexibility index (Phi) is 6.56. The van der Waals surface area contributed by atoms with Crippen molar-refractivity contribution in [1.29, 1.82) is 0 Å². The van der Waals surface area contributed by atoms with E-state index >= 15 is 0 Å². The van der Waals surface area contributed by atoms with Gasteiger partial charge in [-0.2, -0.15) is 5.10 Å². The molecule has 1 aliphatic heterocycles. The lowest BCUT2D eigenvalue weighted by Gasteiger charge is -2.41. The maximum atomic E-state index is 13.0. The number of nitrogens with zero attached hydrogens (tertiary/aromatic N) is 3. The van der Waals surface area contributed by atoms with Gasteiger partial charge in [0.15, 0.2) is 5.69 Å². The molecule has 2 aliphatic rings. The van der Waals surface area contributed by atoms with Gasteiger partial charge in [-0.3, -0.25) is 19.1 Å². The summed E-state index contributed by atoms with van der Waals surface area (Å²) in [7, 11) is 1.63. The fourth-order valence-corrected chi connectivity index (χ4v) is 3.86. The molecule has 0 saturated heterocycles. The molecule has 9 heteroatoms. The molecule has 1 aliphatic carbocycles. The minimum absolute atomic E-state index is 0.167. The van der Waals surface area contributed by atoms with Crippen LogP contribution in [0, 0.1) is 0 Å². The predicted octanol–water partition coefficient (Wildman–Crippen LogP) is 0.943. The van der Waals surface area contributed by atoms with Gasteiger partial charge in [0.2, 0.25) is 5.91 Å². The molecule has 0 unspecified atom stereocenters. The van der Waals surface area contributed by atoms with Crippen molar-refractivity contribution in [3.05, 3.63) is 17.5 Å². The number of hydrogen-bond donors (Lipinski definition) is 2. The maximum absolute atomic E-state index is 13.0. The fraction of sp³-hybridized carbons (Fsp3) is 0.700. The number of hydrogen-bond acceptors (Lipinski definition) is 5. The standard InChI is InChI=1S/C20H31N5O4/c1-4-29-11-7-10-21-17(26)15-12-16-18(27)24(3)20(2,13-25(16)23-15)19(28)22-14-8-5-6-9-14/h12,14H,4-11,13H2,1-3H3,(H,21,26)(H,22,28)/t20-/m0/s1. The first-order valence-corrected chi connectivity index (χ1v) is 10.4. The van der Waals surface area contributed by atoms with Gasteiger partial charge in [-0.25, -0.2) is 0 Å². The second-order valence-corrected chi connectivity index (χ2v) is 7.97. The average Bonchev–Trinajstić information content (AvgIpc) is 3.35. The topological polar surface area (TPSA) is 106 Å². The Labute approximate surface area is 171 Å². The largest absolute Gasteiger partial charge is 0.382 e. The first kappa shape index (κ1) is 21.3. The summed E-state index contributed by atoms with van der Waals surface area (Å²) in [5.74, 6) is -0.831. The third kappa shape index (κ3) is 4.44. The molecule has 1 saturated carbocycles. The Hall–Kier alpha value is -2.42. The minimum atomic E-state index is -1.05. The van der Waals surface area contributed by atoms with Crippen LogP contribution in [-0.2, 0) is 16.1 Å². The molecule has 1 fully saturated rings. The molecule has 2 N–H and O–H groups in total. The summed E-state index contributed by atoms with van der Waals surface area (Å²) < 4.78 is 6.72. The molecule has 0 radical (unpaired) electrons. The van der Waals surface area contributed by atoms with Crippen LogP contribution in [0.25, 0.3) is 0 Å². The molecule has 0 bridgehead atoms. The zero-order valence-corrected chi connectivity index (χ0v) is 17.5. The van der Waals surface area contributed by atoms with E-state index in [2.05, 4.69) is 15.7 Å². The molecule has 3 amide bonds. The van der Waals surface area contributed by atoms with Crippen LogP contribution in [0.2, 0.25) is 0 Å². The normalized spacial score (nSPS) is 21.9. The van der Waals surface area contributed by atoms with Gasteiger partial charge in [-0.1, -0.05) is 12.8 Å². The number of nitrogens with one attached hydrogen (secondary N) is 2. The van der Waals surface area contributed by atoms with Crippen LogP contribution in [0.1, 0.15) is 66.9 Å². The molecule has 9 nitrogen and oxygen atoms in total. The number of likely N-dealkylation sites (N-methyl/N-ethyl adjacent to an activating group) is 1. The van der Waals surface area contributed by atoms with E-state index in [9.17, 15) is 14.4 Å². The van der Waals surface area contributed by atoms with E-state index < -0.39 is 5.54 Å². The average molecular weight is 405 g/mol. The molecule has 2 heterocycles. The highest BCUT2D eigenvalue weighted by Crippen LogP contribution is 2.27. The van der Waals surface area contributed by atoms with Crippen LogP contribution < -0.4 is 10.6 Å². The van der Waals surface area contributed by atoms with E-state index in [0.29, 0.717) is 31.9 Å². The van der Waals surface area contributed by atoms with Gasteiger partial charge in [0.05, 0.1) is 6.54 Å². The van der Waals surface area contributed by atoms with E-state index in [4.69, 9.17) is 4.74 Å². The number of carbonyl (C=O) groups is 3. The Balaban J connectivity index is 1.69. The first-order valence-electron chi connectivity index (χ1n) is 10.4. The molecule has 1 atom stereocenters. The Morgan fingerprint density at radius 2 is 2.07 bits per heavy atom. The highest BCUT2D eigenvalue weighted by Gasteiger charge is 2.46. The van der Waals surface area contributed by atoms with Gasteiger partial charge < -0.3 is 20.3 Å². The van der Waals surface area contributed by atoms with Crippen LogP contribution in [-0.4, -0.2) is 70.8 Å². The lowest BCUT2D eigenvalue weighted by molar-refractivity contribution is -0.133. The summed E-state index contributed by atoms with van der Waals surface area (Å²) in [5.41, 5.74) is -0.555. The molecular weight excluding hydrogens is 374 g/mol. The van der Waals surface area contributed by atoms with Crippen molar-refractivity contribution in [3.63, 3.8) is 0 Å². The number of amides is 3. The molecule has 29 heavy (non-hydrogen) atoms. The van der Waals surface area contributed by atoms with E-state index in [1.54, 1.807) is 14.0 Å². The molecule has 0 spiro atoms. The van der Waals surface area contributed by atoms with Gasteiger partial charge in [-0.05, 0) is 33.1 Å². The van der Waals surface area contributed by atoms with Crippen molar-refractivity contribution in [2.45, 2.75) is 64.1 Å². The molecule has 1 aromatic heterocycles. The monoisotopic (exact) mass is 405 g/mol. The molecule has 3 rings (SSSR count). The molecule has 160 valence electrons. The Bertz CT molecular complexity index is 771. The van der Waals surface area contributed by atoms with Gasteiger partial charge in [0, 0.05) is 38.9 Å². The van der Waals surface area contributed by atoms with Crippen molar-refractivity contribution >= 4 is 17.7 Å². The predicted molar refractivity (Wildman–Crippen MR) is 107 cm³/mol. The smallest absolute Gasteiger partial charge is 0.272 e. The maximum Gasteiger partial charge on any atom is 0.272 e. The molecule has 0 aromatic carbocycles. The Morgan fingerprint density at radius 1 is 1.34 bits per heavy atom. The highest BCUT2D eigenvalue weighted by atomic mass is 16.5. The van der Waals surface area contributed by atoms with Crippen LogP contribution in [0.3, 0.4) is 0 Å². The van der Waals surface area contributed by atoms with Gasteiger partial charge in [-0.15, -0.1) is 0 Å². The number of carbonyl (C=O) groups excluding carboxylic acids is 3. The third-order valence-corrected chi connectivity index (χ3v) is 5.87. The summed E-state index contributed by atoms with van der Waals surface area (Å²) >= 11 is 0. The number of fused-ring (bicyclic) bond motifs is 1. The molecule has 1 aromatic rings. The van der Waals surface area contributed by atoms with Crippen molar-refractivity contribution in [2.75, 3.05) is 26.8 Å². The van der Waals surface area contributed by atoms with Crippen LogP contribution >= 0.6 is 0 Å². The SMILES string of the molecule is CCOCCCNC(=O)c1cc2n(n1)C[C@@](C)(C(=O)NC1CCCC1)N(C)C2=O. The Morgan fingerprint density at radius 3 is 2.76 bits per heavy atom. The first-order chi connectivity index (χ1) is 13.9. The van der Waals surface area contributed by atoms with Gasteiger partial charge in [0.1, 0.15) is 11.2 Å². The summed E-state index contributed by atoms with van der Waals surface area (Å²) in [5, 5.41) is 10.2. The second-order valence-electron chi connectivity index (χ2n) is 7.97. The van der Waals surface area contributed by atoms with E-state index in [1.807, 2.05) is 6.92 Å². The second kappa shape index (κ2) is 8.94. The number of aromatic nitrogens is 2. The molecular formula is C20H31N5O4.